The van der Waals surface area contributed by atoms with E-state index in [0.29, 0.717) is 5.69 Å². The van der Waals surface area contributed by atoms with E-state index in [1.165, 1.54) is 0 Å². The van der Waals surface area contributed by atoms with E-state index in [2.05, 4.69) is 16.0 Å². The van der Waals surface area contributed by atoms with E-state index in [1.807, 2.05) is 13.8 Å². The van der Waals surface area contributed by atoms with Crippen molar-refractivity contribution in [3.63, 3.8) is 0 Å². The lowest BCUT2D eigenvalue weighted by atomic mass is 10.1. The average molecular weight is 293 g/mol. The lowest BCUT2D eigenvalue weighted by Gasteiger charge is -2.11. The van der Waals surface area contributed by atoms with Crippen LogP contribution in [0.4, 0.5) is 10.5 Å². The highest BCUT2D eigenvalue weighted by Gasteiger charge is 2.06. The van der Waals surface area contributed by atoms with Crippen LogP contribution in [-0.4, -0.2) is 29.6 Å². The lowest BCUT2D eigenvalue weighted by Crippen LogP contribution is -2.35. The standard InChI is InChI=1S/C15H23N3O3/c1-10(2)17-14(20)7-8-16-15(21)18-13-6-4-5-12(9-13)11(3)19/h4-6,9-11,19H,7-8H2,1-3H3,(H,17,20)(H2,16,18,21). The van der Waals surface area contributed by atoms with Crippen LogP contribution < -0.4 is 16.0 Å². The Morgan fingerprint density at radius 3 is 2.57 bits per heavy atom. The van der Waals surface area contributed by atoms with Gasteiger partial charge in [-0.2, -0.15) is 0 Å². The summed E-state index contributed by atoms with van der Waals surface area (Å²) in [6.45, 7) is 5.69. The number of benzene rings is 1. The molecule has 0 heterocycles. The third-order valence-corrected chi connectivity index (χ3v) is 2.71. The monoisotopic (exact) mass is 293 g/mol. The third kappa shape index (κ3) is 6.76. The fourth-order valence-electron chi connectivity index (χ4n) is 1.74. The number of hydrogen-bond acceptors (Lipinski definition) is 3. The first-order valence-electron chi connectivity index (χ1n) is 7.00. The molecule has 3 amide bonds. The molecule has 0 saturated carbocycles. The van der Waals surface area contributed by atoms with Crippen molar-refractivity contribution < 1.29 is 14.7 Å². The molecular formula is C15H23N3O3. The van der Waals surface area contributed by atoms with Gasteiger partial charge in [0.2, 0.25) is 5.91 Å². The van der Waals surface area contributed by atoms with Gasteiger partial charge in [-0.25, -0.2) is 4.79 Å². The van der Waals surface area contributed by atoms with E-state index in [-0.39, 0.29) is 30.9 Å². The number of anilines is 1. The summed E-state index contributed by atoms with van der Waals surface area (Å²) < 4.78 is 0. The zero-order valence-corrected chi connectivity index (χ0v) is 12.6. The number of carbonyl (C=O) groups excluding carboxylic acids is 2. The summed E-state index contributed by atoms with van der Waals surface area (Å²) in [6.07, 6.45) is -0.353. The molecule has 1 unspecified atom stereocenters. The predicted octanol–water partition coefficient (Wildman–Crippen LogP) is 1.78. The lowest BCUT2D eigenvalue weighted by molar-refractivity contribution is -0.121. The molecule has 0 saturated heterocycles. The third-order valence-electron chi connectivity index (χ3n) is 2.71. The Bertz CT molecular complexity index is 487. The van der Waals surface area contributed by atoms with E-state index in [9.17, 15) is 14.7 Å². The van der Waals surface area contributed by atoms with Crippen molar-refractivity contribution in [2.24, 2.45) is 0 Å². The maximum atomic E-state index is 11.7. The van der Waals surface area contributed by atoms with Crippen LogP contribution in [0.1, 0.15) is 38.9 Å². The van der Waals surface area contributed by atoms with Gasteiger partial charge in [-0.05, 0) is 38.5 Å². The number of urea groups is 1. The molecule has 4 N–H and O–H groups in total. The number of hydrogen-bond donors (Lipinski definition) is 4. The minimum Gasteiger partial charge on any atom is -0.389 e. The first kappa shape index (κ1) is 17.0. The van der Waals surface area contributed by atoms with Crippen molar-refractivity contribution in [3.8, 4) is 0 Å². The molecule has 6 heteroatoms. The number of aliphatic hydroxyl groups is 1. The van der Waals surface area contributed by atoms with Gasteiger partial charge >= 0.3 is 6.03 Å². The Hall–Kier alpha value is -2.08. The maximum Gasteiger partial charge on any atom is 0.319 e. The van der Waals surface area contributed by atoms with Gasteiger partial charge in [-0.1, -0.05) is 12.1 Å². The van der Waals surface area contributed by atoms with Crippen LogP contribution in [0, 0.1) is 0 Å². The SMILES string of the molecule is CC(C)NC(=O)CCNC(=O)Nc1cccc(C(C)O)c1. The van der Waals surface area contributed by atoms with Crippen LogP contribution in [0.15, 0.2) is 24.3 Å². The average Bonchev–Trinajstić information content (AvgIpc) is 2.37. The van der Waals surface area contributed by atoms with E-state index in [1.54, 1.807) is 31.2 Å². The quantitative estimate of drug-likeness (QED) is 0.644. The largest absolute Gasteiger partial charge is 0.389 e. The zero-order valence-electron chi connectivity index (χ0n) is 12.6. The molecule has 0 bridgehead atoms. The summed E-state index contributed by atoms with van der Waals surface area (Å²) in [5, 5.41) is 17.5. The van der Waals surface area contributed by atoms with Crippen LogP contribution in [-0.2, 0) is 4.79 Å². The predicted molar refractivity (Wildman–Crippen MR) is 82.0 cm³/mol. The molecule has 1 rings (SSSR count). The molecule has 0 spiro atoms. The molecule has 0 aliphatic carbocycles. The van der Waals surface area contributed by atoms with Crippen LogP contribution in [0.2, 0.25) is 0 Å². The normalized spacial score (nSPS) is 11.9. The molecule has 1 atom stereocenters. The molecule has 116 valence electrons. The Kier molecular flexibility index (Phi) is 6.68. The molecule has 0 aliphatic heterocycles. The molecular weight excluding hydrogens is 270 g/mol. The molecule has 6 nitrogen and oxygen atoms in total. The van der Waals surface area contributed by atoms with E-state index >= 15 is 0 Å². The molecule has 21 heavy (non-hydrogen) atoms. The van der Waals surface area contributed by atoms with Gasteiger partial charge in [0, 0.05) is 24.7 Å². The fourth-order valence-corrected chi connectivity index (χ4v) is 1.74. The molecule has 0 aromatic heterocycles. The van der Waals surface area contributed by atoms with E-state index < -0.39 is 6.10 Å². The first-order chi connectivity index (χ1) is 9.88. The van der Waals surface area contributed by atoms with Crippen molar-refractivity contribution in [1.82, 2.24) is 10.6 Å². The first-order valence-corrected chi connectivity index (χ1v) is 7.00. The van der Waals surface area contributed by atoms with Crippen LogP contribution in [0.5, 0.6) is 0 Å². The summed E-state index contributed by atoms with van der Waals surface area (Å²) in [7, 11) is 0. The van der Waals surface area contributed by atoms with E-state index in [0.717, 1.165) is 5.56 Å². The van der Waals surface area contributed by atoms with E-state index in [4.69, 9.17) is 0 Å². The van der Waals surface area contributed by atoms with Crippen molar-refractivity contribution in [3.05, 3.63) is 29.8 Å². The Morgan fingerprint density at radius 1 is 1.24 bits per heavy atom. The minimum absolute atomic E-state index is 0.0922. The molecule has 0 radical (unpaired) electrons. The fraction of sp³-hybridized carbons (Fsp3) is 0.467. The maximum absolute atomic E-state index is 11.7. The smallest absolute Gasteiger partial charge is 0.319 e. The van der Waals surface area contributed by atoms with Crippen molar-refractivity contribution in [2.45, 2.75) is 39.3 Å². The zero-order chi connectivity index (χ0) is 15.8. The number of carbonyl (C=O) groups is 2. The minimum atomic E-state index is -0.588. The van der Waals surface area contributed by atoms with Gasteiger partial charge < -0.3 is 21.1 Å². The number of nitrogens with one attached hydrogen (secondary N) is 3. The number of rotatable bonds is 6. The molecule has 1 aromatic rings. The van der Waals surface area contributed by atoms with Gasteiger partial charge in [0.05, 0.1) is 6.10 Å². The van der Waals surface area contributed by atoms with Crippen LogP contribution in [0.3, 0.4) is 0 Å². The van der Waals surface area contributed by atoms with Crippen molar-refractivity contribution in [1.29, 1.82) is 0 Å². The summed E-state index contributed by atoms with van der Waals surface area (Å²) in [5.41, 5.74) is 1.32. The Labute approximate surface area is 124 Å². The van der Waals surface area contributed by atoms with Gasteiger partial charge in [-0.3, -0.25) is 4.79 Å². The Morgan fingerprint density at radius 2 is 1.95 bits per heavy atom. The molecule has 1 aromatic carbocycles. The summed E-state index contributed by atoms with van der Waals surface area (Å²) in [6, 6.07) is 6.69. The van der Waals surface area contributed by atoms with Gasteiger partial charge in [0.15, 0.2) is 0 Å². The highest BCUT2D eigenvalue weighted by Crippen LogP contribution is 2.16. The second kappa shape index (κ2) is 8.26. The topological polar surface area (TPSA) is 90.5 Å². The molecule has 0 fully saturated rings. The second-order valence-electron chi connectivity index (χ2n) is 5.15. The highest BCUT2D eigenvalue weighted by molar-refractivity contribution is 5.89. The van der Waals surface area contributed by atoms with Crippen molar-refractivity contribution >= 4 is 17.6 Å². The van der Waals surface area contributed by atoms with Gasteiger partial charge in [-0.15, -0.1) is 0 Å². The Balaban J connectivity index is 2.37. The number of aliphatic hydroxyl groups excluding tert-OH is 1. The summed E-state index contributed by atoms with van der Waals surface area (Å²) in [4.78, 5) is 23.1. The number of amides is 3. The molecule has 0 aliphatic rings. The van der Waals surface area contributed by atoms with Crippen LogP contribution in [0.25, 0.3) is 0 Å². The van der Waals surface area contributed by atoms with Gasteiger partial charge in [0.25, 0.3) is 0 Å². The van der Waals surface area contributed by atoms with Crippen LogP contribution >= 0.6 is 0 Å². The summed E-state index contributed by atoms with van der Waals surface area (Å²) >= 11 is 0. The van der Waals surface area contributed by atoms with Gasteiger partial charge in [0.1, 0.15) is 0 Å². The summed E-state index contributed by atoms with van der Waals surface area (Å²) in [5.74, 6) is -0.0959. The highest BCUT2D eigenvalue weighted by atomic mass is 16.3. The second-order valence-corrected chi connectivity index (χ2v) is 5.15. The van der Waals surface area contributed by atoms with Crippen molar-refractivity contribution in [2.75, 3.05) is 11.9 Å².